The molecular weight excluding hydrogens is 292 g/mol. The zero-order chi connectivity index (χ0) is 16.8. The van der Waals surface area contributed by atoms with Gasteiger partial charge in [0, 0.05) is 19.4 Å². The molecule has 124 valence electrons. The van der Waals surface area contributed by atoms with E-state index in [4.69, 9.17) is 9.84 Å². The van der Waals surface area contributed by atoms with Crippen molar-refractivity contribution in [1.29, 1.82) is 0 Å². The van der Waals surface area contributed by atoms with E-state index in [1.165, 1.54) is 0 Å². The summed E-state index contributed by atoms with van der Waals surface area (Å²) in [5, 5.41) is 27.7. The van der Waals surface area contributed by atoms with E-state index in [2.05, 4.69) is 23.7 Å². The maximum atomic E-state index is 9.63. The van der Waals surface area contributed by atoms with Crippen molar-refractivity contribution in [3.63, 3.8) is 0 Å². The molecule has 23 heavy (non-hydrogen) atoms. The van der Waals surface area contributed by atoms with Gasteiger partial charge in [-0.05, 0) is 18.4 Å². The van der Waals surface area contributed by atoms with Crippen LogP contribution in [0.15, 0.2) is 30.3 Å². The average Bonchev–Trinajstić information content (AvgIpc) is 2.57. The van der Waals surface area contributed by atoms with Crippen LogP contribution >= 0.6 is 0 Å². The number of aliphatic hydroxyl groups excluding tert-OH is 3. The third kappa shape index (κ3) is 10.5. The van der Waals surface area contributed by atoms with E-state index in [1.807, 2.05) is 30.3 Å². The van der Waals surface area contributed by atoms with Gasteiger partial charge in [-0.3, -0.25) is 0 Å². The van der Waals surface area contributed by atoms with Crippen molar-refractivity contribution in [2.45, 2.75) is 44.5 Å². The van der Waals surface area contributed by atoms with Gasteiger partial charge in [0.15, 0.2) is 0 Å². The standard InChI is InChI=1S/C19H24O4/c20-14-7-13-19(22)12-6-11-18(21)10-4-5-15-23-16-17-8-2-1-3-9-17/h1-3,8-9,18-22H,5,7,11,13-16H2/t18-,19-/m1/s1. The molecule has 0 saturated carbocycles. The van der Waals surface area contributed by atoms with Crippen LogP contribution in [0.25, 0.3) is 0 Å². The largest absolute Gasteiger partial charge is 0.396 e. The van der Waals surface area contributed by atoms with Crippen LogP contribution in [0.2, 0.25) is 0 Å². The molecule has 0 spiro atoms. The maximum Gasteiger partial charge on any atom is 0.125 e. The van der Waals surface area contributed by atoms with Gasteiger partial charge in [0.25, 0.3) is 0 Å². The van der Waals surface area contributed by atoms with Crippen molar-refractivity contribution < 1.29 is 20.1 Å². The summed E-state index contributed by atoms with van der Waals surface area (Å²) >= 11 is 0. The summed E-state index contributed by atoms with van der Waals surface area (Å²) in [5.41, 5.74) is 1.12. The van der Waals surface area contributed by atoms with Crippen LogP contribution in [0, 0.1) is 23.7 Å². The molecule has 1 aromatic carbocycles. The minimum atomic E-state index is -0.818. The first kappa shape index (κ1) is 19.2. The van der Waals surface area contributed by atoms with Crippen LogP contribution in [0.4, 0.5) is 0 Å². The lowest BCUT2D eigenvalue weighted by molar-refractivity contribution is 0.126. The number of hydrogen-bond acceptors (Lipinski definition) is 4. The number of rotatable bonds is 8. The topological polar surface area (TPSA) is 69.9 Å². The smallest absolute Gasteiger partial charge is 0.125 e. The lowest BCUT2D eigenvalue weighted by Crippen LogP contribution is -2.05. The first-order chi connectivity index (χ1) is 11.2. The summed E-state index contributed by atoms with van der Waals surface area (Å²) in [7, 11) is 0. The van der Waals surface area contributed by atoms with Gasteiger partial charge in [-0.1, -0.05) is 54.0 Å². The second kappa shape index (κ2) is 12.7. The summed E-state index contributed by atoms with van der Waals surface area (Å²) in [6.45, 7) is 1.11. The third-order valence-electron chi connectivity index (χ3n) is 2.95. The fourth-order valence-electron chi connectivity index (χ4n) is 1.76. The van der Waals surface area contributed by atoms with Crippen LogP contribution in [0.5, 0.6) is 0 Å². The molecule has 1 aromatic rings. The molecule has 0 saturated heterocycles. The van der Waals surface area contributed by atoms with Crippen LogP contribution in [0.1, 0.15) is 31.2 Å². The summed E-state index contributed by atoms with van der Waals surface area (Å²) in [5.74, 6) is 10.9. The first-order valence-corrected chi connectivity index (χ1v) is 7.78. The van der Waals surface area contributed by atoms with Crippen LogP contribution < -0.4 is 0 Å². The number of hydrogen-bond donors (Lipinski definition) is 3. The summed E-state index contributed by atoms with van der Waals surface area (Å²) in [6.07, 6.45) is 0.130. The molecule has 4 nitrogen and oxygen atoms in total. The van der Waals surface area contributed by atoms with Crippen molar-refractivity contribution in [2.24, 2.45) is 0 Å². The van der Waals surface area contributed by atoms with Gasteiger partial charge in [0.2, 0.25) is 0 Å². The molecule has 3 N–H and O–H groups in total. The Bertz CT molecular complexity index is 533. The molecule has 4 heteroatoms. The monoisotopic (exact) mass is 316 g/mol. The predicted molar refractivity (Wildman–Crippen MR) is 89.2 cm³/mol. The molecule has 0 aliphatic carbocycles. The van der Waals surface area contributed by atoms with E-state index in [-0.39, 0.29) is 13.0 Å². The van der Waals surface area contributed by atoms with Gasteiger partial charge in [-0.2, -0.15) is 0 Å². The lowest BCUT2D eigenvalue weighted by Gasteiger charge is -2.01. The highest BCUT2D eigenvalue weighted by Gasteiger charge is 1.98. The Morgan fingerprint density at radius 3 is 2.48 bits per heavy atom. The molecule has 0 fully saturated rings. The third-order valence-corrected chi connectivity index (χ3v) is 2.95. The summed E-state index contributed by atoms with van der Waals surface area (Å²) in [6, 6.07) is 9.91. The summed E-state index contributed by atoms with van der Waals surface area (Å²) < 4.78 is 5.49. The second-order valence-electron chi connectivity index (χ2n) is 5.03. The summed E-state index contributed by atoms with van der Waals surface area (Å²) in [4.78, 5) is 0. The van der Waals surface area contributed by atoms with Crippen molar-refractivity contribution in [3.05, 3.63) is 35.9 Å². The zero-order valence-corrected chi connectivity index (χ0v) is 13.2. The van der Waals surface area contributed by atoms with E-state index in [0.29, 0.717) is 32.5 Å². The normalized spacial score (nSPS) is 12.5. The number of benzene rings is 1. The van der Waals surface area contributed by atoms with E-state index in [1.54, 1.807) is 0 Å². The molecule has 0 aromatic heterocycles. The van der Waals surface area contributed by atoms with E-state index in [0.717, 1.165) is 5.56 Å². The fourth-order valence-corrected chi connectivity index (χ4v) is 1.76. The van der Waals surface area contributed by atoms with Gasteiger partial charge in [-0.25, -0.2) is 0 Å². The molecule has 2 atom stereocenters. The van der Waals surface area contributed by atoms with Crippen molar-refractivity contribution in [2.75, 3.05) is 13.2 Å². The predicted octanol–water partition coefficient (Wildman–Crippen LogP) is 1.48. The van der Waals surface area contributed by atoms with E-state index in [9.17, 15) is 10.2 Å². The molecule has 0 radical (unpaired) electrons. The molecule has 0 unspecified atom stereocenters. The Morgan fingerprint density at radius 1 is 1.00 bits per heavy atom. The molecule has 0 heterocycles. The van der Waals surface area contributed by atoms with Gasteiger partial charge in [0.1, 0.15) is 12.2 Å². The average molecular weight is 316 g/mol. The quantitative estimate of drug-likeness (QED) is 0.502. The second-order valence-corrected chi connectivity index (χ2v) is 5.03. The molecule has 0 aliphatic heterocycles. The van der Waals surface area contributed by atoms with Crippen molar-refractivity contribution in [3.8, 4) is 23.7 Å². The van der Waals surface area contributed by atoms with Gasteiger partial charge in [-0.15, -0.1) is 0 Å². The van der Waals surface area contributed by atoms with Crippen molar-refractivity contribution in [1.82, 2.24) is 0 Å². The highest BCUT2D eigenvalue weighted by Crippen LogP contribution is 2.00. The molecule has 1 rings (SSSR count). The molecular formula is C19H24O4. The van der Waals surface area contributed by atoms with Crippen LogP contribution in [-0.4, -0.2) is 40.7 Å². The minimum absolute atomic E-state index is 0.0409. The van der Waals surface area contributed by atoms with Gasteiger partial charge >= 0.3 is 0 Å². The minimum Gasteiger partial charge on any atom is -0.396 e. The fraction of sp³-hybridized carbons (Fsp3) is 0.474. The van der Waals surface area contributed by atoms with Crippen LogP contribution in [-0.2, 0) is 11.3 Å². The van der Waals surface area contributed by atoms with Crippen LogP contribution in [0.3, 0.4) is 0 Å². The van der Waals surface area contributed by atoms with Gasteiger partial charge < -0.3 is 20.1 Å². The Labute approximate surface area is 138 Å². The van der Waals surface area contributed by atoms with Crippen molar-refractivity contribution >= 4 is 0 Å². The molecule has 0 aliphatic rings. The van der Waals surface area contributed by atoms with E-state index < -0.39 is 12.2 Å². The SMILES string of the molecule is OCCC[C@H](O)C#CC[C@H](O)C#CCCOCc1ccccc1. The first-order valence-electron chi connectivity index (χ1n) is 7.78. The molecule has 0 amide bonds. The lowest BCUT2D eigenvalue weighted by atomic mass is 10.2. The number of ether oxygens (including phenoxy) is 1. The Morgan fingerprint density at radius 2 is 1.74 bits per heavy atom. The Kier molecular flexibility index (Phi) is 10.6. The van der Waals surface area contributed by atoms with Gasteiger partial charge in [0.05, 0.1) is 13.2 Å². The Hall–Kier alpha value is -1.82. The Balaban J connectivity index is 2.12. The number of aliphatic hydroxyl groups is 3. The highest BCUT2D eigenvalue weighted by atomic mass is 16.5. The van der Waals surface area contributed by atoms with E-state index >= 15 is 0 Å². The maximum absolute atomic E-state index is 9.63. The zero-order valence-electron chi connectivity index (χ0n) is 13.2. The highest BCUT2D eigenvalue weighted by molar-refractivity contribution is 5.14. The molecule has 0 bridgehead atoms.